The zero-order valence-corrected chi connectivity index (χ0v) is 21.7. The number of aromatic nitrogens is 1. The molecule has 36 heavy (non-hydrogen) atoms. The topological polar surface area (TPSA) is 66.6 Å². The lowest BCUT2D eigenvalue weighted by molar-refractivity contribution is 0.355. The van der Waals surface area contributed by atoms with Crippen LogP contribution >= 0.6 is 12.2 Å². The van der Waals surface area contributed by atoms with Crippen LogP contribution < -0.4 is 20.3 Å². The Morgan fingerprint density at radius 2 is 1.64 bits per heavy atom. The summed E-state index contributed by atoms with van der Waals surface area (Å²) >= 11 is 5.80. The summed E-state index contributed by atoms with van der Waals surface area (Å²) in [4.78, 5) is 18.1. The van der Waals surface area contributed by atoms with Gasteiger partial charge in [-0.15, -0.1) is 0 Å². The standard InChI is InChI=1S/C29H31N3O3S/c1-20-9-7-8-12-22(20)13-14-32(29(36)30-18-21-10-5-4-6-11-21)19-24-15-23-16-26(34-2)27(35-3)17-25(23)31-28(24)33/h4-12,15-17H,13-14,18-19H2,1-3H3,(H,30,36)(H,31,33). The summed E-state index contributed by atoms with van der Waals surface area (Å²) in [6.07, 6.45) is 0.816. The minimum Gasteiger partial charge on any atom is -0.493 e. The lowest BCUT2D eigenvalue weighted by atomic mass is 10.1. The highest BCUT2D eigenvalue weighted by Crippen LogP contribution is 2.31. The molecule has 2 N–H and O–H groups in total. The number of aromatic amines is 1. The normalized spacial score (nSPS) is 10.8. The zero-order valence-electron chi connectivity index (χ0n) is 20.8. The fourth-order valence-corrected chi connectivity index (χ4v) is 4.41. The van der Waals surface area contributed by atoms with Gasteiger partial charge < -0.3 is 24.7 Å². The first-order valence-corrected chi connectivity index (χ1v) is 12.3. The van der Waals surface area contributed by atoms with Crippen LogP contribution in [0.4, 0.5) is 0 Å². The number of thiocarbonyl (C=S) groups is 1. The fourth-order valence-electron chi connectivity index (χ4n) is 4.19. The van der Waals surface area contributed by atoms with E-state index < -0.39 is 0 Å². The van der Waals surface area contributed by atoms with Crippen LogP contribution in [0.3, 0.4) is 0 Å². The number of methoxy groups -OCH3 is 2. The van der Waals surface area contributed by atoms with E-state index in [-0.39, 0.29) is 5.56 Å². The Labute approximate surface area is 216 Å². The van der Waals surface area contributed by atoms with Gasteiger partial charge in [0, 0.05) is 30.1 Å². The van der Waals surface area contributed by atoms with Crippen molar-refractivity contribution >= 4 is 28.2 Å². The predicted octanol–water partition coefficient (Wildman–Crippen LogP) is 4.97. The molecule has 0 aliphatic carbocycles. The number of fused-ring (bicyclic) bond motifs is 1. The molecule has 3 aromatic carbocycles. The maximum absolute atomic E-state index is 13.0. The summed E-state index contributed by atoms with van der Waals surface area (Å²) in [6.45, 7) is 3.79. The molecule has 0 radical (unpaired) electrons. The maximum Gasteiger partial charge on any atom is 0.253 e. The van der Waals surface area contributed by atoms with E-state index in [2.05, 4.69) is 46.4 Å². The van der Waals surface area contributed by atoms with E-state index in [0.29, 0.717) is 47.3 Å². The Kier molecular flexibility index (Phi) is 8.23. The minimum atomic E-state index is -0.151. The molecule has 186 valence electrons. The van der Waals surface area contributed by atoms with Gasteiger partial charge in [-0.05, 0) is 54.4 Å². The molecule has 0 saturated heterocycles. The van der Waals surface area contributed by atoms with Crippen molar-refractivity contribution in [2.75, 3.05) is 20.8 Å². The smallest absolute Gasteiger partial charge is 0.253 e. The first kappa shape index (κ1) is 25.3. The van der Waals surface area contributed by atoms with Crippen LogP contribution in [0.2, 0.25) is 0 Å². The number of ether oxygens (including phenoxy) is 2. The average molecular weight is 502 g/mol. The first-order chi connectivity index (χ1) is 17.5. The minimum absolute atomic E-state index is 0.151. The lowest BCUT2D eigenvalue weighted by Crippen LogP contribution is -2.41. The summed E-state index contributed by atoms with van der Waals surface area (Å²) in [5, 5.41) is 4.84. The molecule has 6 nitrogen and oxygen atoms in total. The monoisotopic (exact) mass is 501 g/mol. The van der Waals surface area contributed by atoms with Crippen LogP contribution in [-0.2, 0) is 19.5 Å². The zero-order chi connectivity index (χ0) is 25.5. The fraction of sp³-hybridized carbons (Fsp3) is 0.241. The first-order valence-electron chi connectivity index (χ1n) is 11.9. The third-order valence-electron chi connectivity index (χ3n) is 6.27. The molecule has 1 heterocycles. The Bertz CT molecular complexity index is 1400. The van der Waals surface area contributed by atoms with Gasteiger partial charge in [-0.3, -0.25) is 4.79 Å². The van der Waals surface area contributed by atoms with Crippen LogP contribution in [0.1, 0.15) is 22.3 Å². The van der Waals surface area contributed by atoms with Crippen molar-refractivity contribution < 1.29 is 9.47 Å². The van der Waals surface area contributed by atoms with Gasteiger partial charge in [0.25, 0.3) is 5.56 Å². The highest BCUT2D eigenvalue weighted by molar-refractivity contribution is 7.80. The summed E-state index contributed by atoms with van der Waals surface area (Å²) < 4.78 is 10.8. The molecule has 0 aliphatic heterocycles. The summed E-state index contributed by atoms with van der Waals surface area (Å²) in [7, 11) is 3.17. The Morgan fingerprint density at radius 3 is 2.36 bits per heavy atom. The van der Waals surface area contributed by atoms with E-state index in [1.54, 1.807) is 20.3 Å². The van der Waals surface area contributed by atoms with Crippen LogP contribution in [-0.4, -0.2) is 35.8 Å². The van der Waals surface area contributed by atoms with Crippen LogP contribution in [0.25, 0.3) is 10.9 Å². The number of hydrogen-bond donors (Lipinski definition) is 2. The maximum atomic E-state index is 13.0. The molecule has 0 saturated carbocycles. The van der Waals surface area contributed by atoms with E-state index in [0.717, 1.165) is 17.4 Å². The van der Waals surface area contributed by atoms with Crippen LogP contribution in [0.15, 0.2) is 77.6 Å². The lowest BCUT2D eigenvalue weighted by Gasteiger charge is -2.26. The summed E-state index contributed by atoms with van der Waals surface area (Å²) in [5.74, 6) is 1.18. The van der Waals surface area contributed by atoms with E-state index in [9.17, 15) is 4.79 Å². The van der Waals surface area contributed by atoms with Crippen molar-refractivity contribution in [2.24, 2.45) is 0 Å². The number of nitrogens with zero attached hydrogens (tertiary/aromatic N) is 1. The highest BCUT2D eigenvalue weighted by atomic mass is 32.1. The van der Waals surface area contributed by atoms with E-state index in [4.69, 9.17) is 21.7 Å². The number of pyridine rings is 1. The second-order valence-electron chi connectivity index (χ2n) is 8.66. The number of aryl methyl sites for hydroxylation is 1. The third kappa shape index (κ3) is 6.04. The van der Waals surface area contributed by atoms with Gasteiger partial charge in [0.2, 0.25) is 0 Å². The van der Waals surface area contributed by atoms with Crippen molar-refractivity contribution in [2.45, 2.75) is 26.4 Å². The molecular formula is C29H31N3O3S. The molecule has 0 amide bonds. The van der Waals surface area contributed by atoms with Gasteiger partial charge in [-0.25, -0.2) is 0 Å². The second kappa shape index (κ2) is 11.7. The van der Waals surface area contributed by atoms with Gasteiger partial charge in [0.1, 0.15) is 0 Å². The Morgan fingerprint density at radius 1 is 0.944 bits per heavy atom. The van der Waals surface area contributed by atoms with E-state index in [1.807, 2.05) is 42.5 Å². The second-order valence-corrected chi connectivity index (χ2v) is 9.05. The van der Waals surface area contributed by atoms with Crippen molar-refractivity contribution in [3.63, 3.8) is 0 Å². The molecule has 0 fully saturated rings. The number of benzene rings is 3. The number of rotatable bonds is 9. The molecule has 0 aliphatic rings. The van der Waals surface area contributed by atoms with Crippen LogP contribution in [0, 0.1) is 6.92 Å². The molecule has 0 bridgehead atoms. The number of nitrogens with one attached hydrogen (secondary N) is 2. The predicted molar refractivity (Wildman–Crippen MR) is 149 cm³/mol. The summed E-state index contributed by atoms with van der Waals surface area (Å²) in [5.41, 5.74) is 4.81. The quantitative estimate of drug-likeness (QED) is 0.316. The molecule has 0 unspecified atom stereocenters. The van der Waals surface area contributed by atoms with Gasteiger partial charge in [-0.2, -0.15) is 0 Å². The third-order valence-corrected chi connectivity index (χ3v) is 6.68. The van der Waals surface area contributed by atoms with Crippen molar-refractivity contribution in [3.05, 3.63) is 105 Å². The Hall–Kier alpha value is -3.84. The molecule has 1 aromatic heterocycles. The van der Waals surface area contributed by atoms with Crippen LogP contribution in [0.5, 0.6) is 11.5 Å². The van der Waals surface area contributed by atoms with Crippen molar-refractivity contribution in [1.29, 1.82) is 0 Å². The van der Waals surface area contributed by atoms with Crippen molar-refractivity contribution in [1.82, 2.24) is 15.2 Å². The molecule has 0 atom stereocenters. The molecule has 4 aromatic rings. The van der Waals surface area contributed by atoms with Gasteiger partial charge in [0.05, 0.1) is 26.3 Å². The van der Waals surface area contributed by atoms with Gasteiger partial charge >= 0.3 is 0 Å². The molecule has 4 rings (SSSR count). The molecule has 7 heteroatoms. The van der Waals surface area contributed by atoms with E-state index in [1.165, 1.54) is 11.1 Å². The largest absolute Gasteiger partial charge is 0.493 e. The van der Waals surface area contributed by atoms with Gasteiger partial charge in [0.15, 0.2) is 16.6 Å². The molecule has 0 spiro atoms. The number of H-pyrrole nitrogens is 1. The molecular weight excluding hydrogens is 470 g/mol. The average Bonchev–Trinajstić information content (AvgIpc) is 2.90. The SMILES string of the molecule is COc1cc2cc(CN(CCc3ccccc3C)C(=S)NCc3ccccc3)c(=O)[nH]c2cc1OC. The van der Waals surface area contributed by atoms with Crippen molar-refractivity contribution in [3.8, 4) is 11.5 Å². The van der Waals surface area contributed by atoms with E-state index >= 15 is 0 Å². The van der Waals surface area contributed by atoms with Gasteiger partial charge in [-0.1, -0.05) is 54.6 Å². The summed E-state index contributed by atoms with van der Waals surface area (Å²) in [6, 6.07) is 24.0. The number of hydrogen-bond acceptors (Lipinski definition) is 4. The highest BCUT2D eigenvalue weighted by Gasteiger charge is 2.15. The Balaban J connectivity index is 1.60.